The van der Waals surface area contributed by atoms with E-state index < -0.39 is 0 Å². The molecule has 2 aromatic carbocycles. The first-order chi connectivity index (χ1) is 15.5. The third kappa shape index (κ3) is 4.84. The SMILES string of the molecule is Cc1c(Cl)cccc1-n1c(SC(C)C(=O)NCc2ccccc2)nnc1-c1ccncc1. The Balaban J connectivity index is 1.63. The van der Waals surface area contributed by atoms with Gasteiger partial charge in [-0.25, -0.2) is 0 Å². The lowest BCUT2D eigenvalue weighted by Crippen LogP contribution is -2.30. The minimum Gasteiger partial charge on any atom is -0.351 e. The van der Waals surface area contributed by atoms with E-state index in [1.54, 1.807) is 12.4 Å². The van der Waals surface area contributed by atoms with Gasteiger partial charge >= 0.3 is 0 Å². The van der Waals surface area contributed by atoms with Gasteiger partial charge in [-0.05, 0) is 49.2 Å². The lowest BCUT2D eigenvalue weighted by Gasteiger charge is -2.16. The number of nitrogens with one attached hydrogen (secondary N) is 1. The average molecular weight is 464 g/mol. The van der Waals surface area contributed by atoms with Gasteiger partial charge in [0, 0.05) is 29.5 Å². The van der Waals surface area contributed by atoms with Crippen LogP contribution in [0.3, 0.4) is 0 Å². The first kappa shape index (κ1) is 22.0. The lowest BCUT2D eigenvalue weighted by atomic mass is 10.2. The van der Waals surface area contributed by atoms with Crippen molar-refractivity contribution in [3.05, 3.63) is 89.2 Å². The molecule has 32 heavy (non-hydrogen) atoms. The van der Waals surface area contributed by atoms with E-state index >= 15 is 0 Å². The van der Waals surface area contributed by atoms with Crippen molar-refractivity contribution < 1.29 is 4.79 Å². The van der Waals surface area contributed by atoms with Gasteiger partial charge in [0.15, 0.2) is 11.0 Å². The van der Waals surface area contributed by atoms with E-state index in [0.29, 0.717) is 22.5 Å². The molecule has 1 N–H and O–H groups in total. The normalized spacial score (nSPS) is 11.8. The number of carbonyl (C=O) groups is 1. The molecule has 1 unspecified atom stereocenters. The van der Waals surface area contributed by atoms with Crippen molar-refractivity contribution in [1.29, 1.82) is 0 Å². The van der Waals surface area contributed by atoms with Crippen LogP contribution in [-0.4, -0.2) is 30.9 Å². The quantitative estimate of drug-likeness (QED) is 0.386. The average Bonchev–Trinajstić information content (AvgIpc) is 3.23. The molecule has 1 atom stereocenters. The summed E-state index contributed by atoms with van der Waals surface area (Å²) in [6, 6.07) is 19.3. The molecule has 0 aliphatic rings. The second-order valence-electron chi connectivity index (χ2n) is 7.22. The highest BCUT2D eigenvalue weighted by molar-refractivity contribution is 8.00. The third-order valence-electron chi connectivity index (χ3n) is 5.01. The van der Waals surface area contributed by atoms with Crippen LogP contribution in [0.4, 0.5) is 0 Å². The molecular formula is C24H22ClN5OS. The van der Waals surface area contributed by atoms with Crippen LogP contribution >= 0.6 is 23.4 Å². The number of pyridine rings is 1. The van der Waals surface area contributed by atoms with E-state index in [1.807, 2.05) is 79.1 Å². The Hall–Kier alpha value is -3.16. The van der Waals surface area contributed by atoms with Crippen molar-refractivity contribution in [2.24, 2.45) is 0 Å². The molecule has 0 spiro atoms. The second-order valence-corrected chi connectivity index (χ2v) is 8.94. The van der Waals surface area contributed by atoms with E-state index in [-0.39, 0.29) is 11.2 Å². The number of thioether (sulfide) groups is 1. The maximum atomic E-state index is 12.7. The van der Waals surface area contributed by atoms with E-state index in [9.17, 15) is 4.79 Å². The summed E-state index contributed by atoms with van der Waals surface area (Å²) in [6.45, 7) is 4.30. The van der Waals surface area contributed by atoms with Gasteiger partial charge in [-0.1, -0.05) is 59.8 Å². The molecule has 162 valence electrons. The molecule has 0 aliphatic heterocycles. The smallest absolute Gasteiger partial charge is 0.233 e. The van der Waals surface area contributed by atoms with Gasteiger partial charge in [0.25, 0.3) is 0 Å². The lowest BCUT2D eigenvalue weighted by molar-refractivity contribution is -0.120. The summed E-state index contributed by atoms with van der Waals surface area (Å²) in [7, 11) is 0. The van der Waals surface area contributed by atoms with E-state index in [4.69, 9.17) is 11.6 Å². The van der Waals surface area contributed by atoms with Crippen LogP contribution in [0.5, 0.6) is 0 Å². The maximum absolute atomic E-state index is 12.7. The zero-order valence-electron chi connectivity index (χ0n) is 17.7. The minimum atomic E-state index is -0.369. The topological polar surface area (TPSA) is 72.7 Å². The molecule has 2 heterocycles. The van der Waals surface area contributed by atoms with Crippen LogP contribution in [0.15, 0.2) is 78.2 Å². The summed E-state index contributed by atoms with van der Waals surface area (Å²) in [5, 5.41) is 12.7. The highest BCUT2D eigenvalue weighted by atomic mass is 35.5. The molecule has 4 aromatic rings. The Kier molecular flexibility index (Phi) is 6.87. The number of rotatable bonds is 7. The van der Waals surface area contributed by atoms with Crippen LogP contribution < -0.4 is 5.32 Å². The van der Waals surface area contributed by atoms with Crippen molar-refractivity contribution >= 4 is 29.3 Å². The number of nitrogens with zero attached hydrogens (tertiary/aromatic N) is 4. The molecule has 4 rings (SSSR count). The number of hydrogen-bond acceptors (Lipinski definition) is 5. The number of benzene rings is 2. The number of aromatic nitrogens is 4. The van der Waals surface area contributed by atoms with Gasteiger partial charge in [0.1, 0.15) is 0 Å². The molecule has 0 aliphatic carbocycles. The van der Waals surface area contributed by atoms with Crippen molar-refractivity contribution in [2.45, 2.75) is 30.8 Å². The molecule has 6 nitrogen and oxygen atoms in total. The zero-order valence-corrected chi connectivity index (χ0v) is 19.3. The fourth-order valence-corrected chi connectivity index (χ4v) is 4.28. The monoisotopic (exact) mass is 463 g/mol. The molecule has 8 heteroatoms. The van der Waals surface area contributed by atoms with Crippen molar-refractivity contribution in [3.8, 4) is 17.1 Å². The number of carbonyl (C=O) groups excluding carboxylic acids is 1. The molecule has 0 fully saturated rings. The molecule has 1 amide bonds. The van der Waals surface area contributed by atoms with Gasteiger partial charge in [-0.15, -0.1) is 10.2 Å². The first-order valence-corrected chi connectivity index (χ1v) is 11.4. The zero-order chi connectivity index (χ0) is 22.5. The summed E-state index contributed by atoms with van der Waals surface area (Å²) in [4.78, 5) is 16.8. The summed E-state index contributed by atoms with van der Waals surface area (Å²) in [6.07, 6.45) is 3.43. The predicted molar refractivity (Wildman–Crippen MR) is 128 cm³/mol. The van der Waals surface area contributed by atoms with E-state index in [2.05, 4.69) is 20.5 Å². The van der Waals surface area contributed by atoms with Crippen LogP contribution in [0.25, 0.3) is 17.1 Å². The molecular weight excluding hydrogens is 442 g/mol. The van der Waals surface area contributed by atoms with Gasteiger partial charge < -0.3 is 5.32 Å². The Bertz CT molecular complexity index is 1210. The Morgan fingerprint density at radius 3 is 2.56 bits per heavy atom. The Morgan fingerprint density at radius 2 is 1.81 bits per heavy atom. The van der Waals surface area contributed by atoms with Crippen molar-refractivity contribution in [2.75, 3.05) is 0 Å². The van der Waals surface area contributed by atoms with Crippen LogP contribution in [0.2, 0.25) is 5.02 Å². The highest BCUT2D eigenvalue weighted by Gasteiger charge is 2.23. The van der Waals surface area contributed by atoms with E-state index in [0.717, 1.165) is 22.4 Å². The molecule has 0 radical (unpaired) electrons. The molecule has 0 saturated carbocycles. The molecule has 0 saturated heterocycles. The van der Waals surface area contributed by atoms with E-state index in [1.165, 1.54) is 11.8 Å². The fourth-order valence-electron chi connectivity index (χ4n) is 3.23. The van der Waals surface area contributed by atoms with Gasteiger partial charge in [0.2, 0.25) is 5.91 Å². The Labute approximate surface area is 196 Å². The van der Waals surface area contributed by atoms with Crippen LogP contribution in [0.1, 0.15) is 18.1 Å². The third-order valence-corrected chi connectivity index (χ3v) is 6.46. The summed E-state index contributed by atoms with van der Waals surface area (Å²) in [5.41, 5.74) is 3.71. The van der Waals surface area contributed by atoms with Crippen LogP contribution in [0, 0.1) is 6.92 Å². The van der Waals surface area contributed by atoms with Crippen molar-refractivity contribution in [3.63, 3.8) is 0 Å². The van der Waals surface area contributed by atoms with Gasteiger partial charge in [0.05, 0.1) is 10.9 Å². The van der Waals surface area contributed by atoms with Gasteiger partial charge in [-0.3, -0.25) is 14.3 Å². The Morgan fingerprint density at radius 1 is 1.06 bits per heavy atom. The summed E-state index contributed by atoms with van der Waals surface area (Å²) < 4.78 is 1.95. The number of hydrogen-bond donors (Lipinski definition) is 1. The second kappa shape index (κ2) is 9.97. The minimum absolute atomic E-state index is 0.0679. The first-order valence-electron chi connectivity index (χ1n) is 10.1. The maximum Gasteiger partial charge on any atom is 0.233 e. The fraction of sp³-hybridized carbons (Fsp3) is 0.167. The number of amides is 1. The molecule has 0 bridgehead atoms. The largest absolute Gasteiger partial charge is 0.351 e. The summed E-state index contributed by atoms with van der Waals surface area (Å²) in [5.74, 6) is 0.596. The summed E-state index contributed by atoms with van der Waals surface area (Å²) >= 11 is 7.76. The highest BCUT2D eigenvalue weighted by Crippen LogP contribution is 2.33. The number of halogens is 1. The predicted octanol–water partition coefficient (Wildman–Crippen LogP) is 5.09. The van der Waals surface area contributed by atoms with Crippen LogP contribution in [-0.2, 0) is 11.3 Å². The van der Waals surface area contributed by atoms with Crippen molar-refractivity contribution in [1.82, 2.24) is 25.1 Å². The molecule has 2 aromatic heterocycles. The van der Waals surface area contributed by atoms with Gasteiger partial charge in [-0.2, -0.15) is 0 Å². The standard InChI is InChI=1S/C24H22ClN5OS/c1-16-20(25)9-6-10-21(16)30-22(19-11-13-26-14-12-19)28-29-24(30)32-17(2)23(31)27-15-18-7-4-3-5-8-18/h3-14,17H,15H2,1-2H3,(H,27,31).